The van der Waals surface area contributed by atoms with Crippen LogP contribution in [0.5, 0.6) is 5.75 Å². The molecule has 0 fully saturated rings. The number of ether oxygens (including phenoxy) is 1. The van der Waals surface area contributed by atoms with Crippen molar-refractivity contribution in [1.29, 1.82) is 0 Å². The van der Waals surface area contributed by atoms with Gasteiger partial charge in [-0.1, -0.05) is 17.7 Å². The fraction of sp³-hybridized carbons (Fsp3) is 0.500. The average molecular weight is 336 g/mol. The Morgan fingerprint density at radius 3 is 1.95 bits per heavy atom. The summed E-state index contributed by atoms with van der Waals surface area (Å²) in [5.41, 5.74) is -0.233. The van der Waals surface area contributed by atoms with Gasteiger partial charge in [0.25, 0.3) is 0 Å². The summed E-state index contributed by atoms with van der Waals surface area (Å²) in [5, 5.41) is 1.99. The van der Waals surface area contributed by atoms with Crippen molar-refractivity contribution in [2.75, 3.05) is 14.2 Å². The minimum absolute atomic E-state index is 0.0710. The largest absolute Gasteiger partial charge is 0.495 e. The van der Waals surface area contributed by atoms with Gasteiger partial charge in [0.2, 0.25) is 0 Å². The number of alkyl halides is 6. The second-order valence-corrected chi connectivity index (χ2v) is 4.63. The fourth-order valence-electron chi connectivity index (χ4n) is 1.97. The third-order valence-electron chi connectivity index (χ3n) is 2.88. The van der Waals surface area contributed by atoms with E-state index in [2.05, 4.69) is 5.32 Å². The molecule has 1 atom stereocenters. The standard InChI is InChI=1S/C12H12ClF6NO/c1-20-9(10(11(14,15)16)12(17,18)19)6-3-4-8(21-2)7(13)5-6/h3-5,9-10,20H,1-2H3. The van der Waals surface area contributed by atoms with Crippen LogP contribution in [0.2, 0.25) is 5.02 Å². The molecule has 0 aromatic heterocycles. The zero-order valence-corrected chi connectivity index (χ0v) is 11.7. The lowest BCUT2D eigenvalue weighted by Crippen LogP contribution is -2.45. The van der Waals surface area contributed by atoms with Gasteiger partial charge in [-0.2, -0.15) is 26.3 Å². The van der Waals surface area contributed by atoms with E-state index in [1.165, 1.54) is 13.2 Å². The highest BCUT2D eigenvalue weighted by Gasteiger charge is 2.60. The fourth-order valence-corrected chi connectivity index (χ4v) is 2.23. The van der Waals surface area contributed by atoms with E-state index < -0.39 is 24.3 Å². The second-order valence-electron chi connectivity index (χ2n) is 4.22. The van der Waals surface area contributed by atoms with Gasteiger partial charge in [-0.05, 0) is 24.7 Å². The summed E-state index contributed by atoms with van der Waals surface area (Å²) in [5.74, 6) is -3.38. The Hall–Kier alpha value is -1.15. The predicted octanol–water partition coefficient (Wildman–Crippen LogP) is 4.35. The van der Waals surface area contributed by atoms with E-state index in [1.807, 2.05) is 0 Å². The summed E-state index contributed by atoms with van der Waals surface area (Å²) < 4.78 is 81.4. The van der Waals surface area contributed by atoms with Crippen molar-refractivity contribution in [3.05, 3.63) is 28.8 Å². The van der Waals surface area contributed by atoms with Gasteiger partial charge < -0.3 is 10.1 Å². The van der Waals surface area contributed by atoms with Crippen molar-refractivity contribution in [1.82, 2.24) is 5.32 Å². The summed E-state index contributed by atoms with van der Waals surface area (Å²) in [7, 11) is 2.30. The Balaban J connectivity index is 3.30. The van der Waals surface area contributed by atoms with E-state index in [4.69, 9.17) is 16.3 Å². The lowest BCUT2D eigenvalue weighted by Gasteiger charge is -2.31. The Bertz CT molecular complexity index is 474. The van der Waals surface area contributed by atoms with Crippen LogP contribution in [0, 0.1) is 5.92 Å². The van der Waals surface area contributed by atoms with Gasteiger partial charge in [-0.15, -0.1) is 0 Å². The SMILES string of the molecule is CNC(c1ccc(OC)c(Cl)c1)C(C(F)(F)F)C(F)(F)F. The summed E-state index contributed by atoms with van der Waals surface area (Å²) in [6.07, 6.45) is -10.9. The number of hydrogen-bond donors (Lipinski definition) is 1. The molecule has 0 saturated carbocycles. The van der Waals surface area contributed by atoms with Crippen LogP contribution in [0.4, 0.5) is 26.3 Å². The molecule has 0 aliphatic heterocycles. The molecule has 1 aromatic rings. The lowest BCUT2D eigenvalue weighted by molar-refractivity contribution is -0.292. The van der Waals surface area contributed by atoms with Crippen molar-refractivity contribution in [2.45, 2.75) is 18.4 Å². The van der Waals surface area contributed by atoms with Crippen molar-refractivity contribution in [3.63, 3.8) is 0 Å². The molecular weight excluding hydrogens is 324 g/mol. The molecule has 9 heteroatoms. The molecule has 0 bridgehead atoms. The van der Waals surface area contributed by atoms with E-state index >= 15 is 0 Å². The number of nitrogens with one attached hydrogen (secondary N) is 1. The number of rotatable bonds is 4. The maximum atomic E-state index is 12.8. The molecule has 1 rings (SSSR count). The van der Waals surface area contributed by atoms with Crippen molar-refractivity contribution >= 4 is 11.6 Å². The predicted molar refractivity (Wildman–Crippen MR) is 65.4 cm³/mol. The van der Waals surface area contributed by atoms with Crippen molar-refractivity contribution in [3.8, 4) is 5.75 Å². The van der Waals surface area contributed by atoms with Crippen LogP contribution in [0.3, 0.4) is 0 Å². The van der Waals surface area contributed by atoms with Crippen LogP contribution < -0.4 is 10.1 Å². The highest BCUT2D eigenvalue weighted by Crippen LogP contribution is 2.46. The zero-order chi connectivity index (χ0) is 16.4. The first kappa shape index (κ1) is 17.9. The van der Waals surface area contributed by atoms with Crippen molar-refractivity contribution in [2.24, 2.45) is 5.92 Å². The first-order valence-electron chi connectivity index (χ1n) is 5.66. The Labute approximate surface area is 122 Å². The molecule has 0 aliphatic rings. The topological polar surface area (TPSA) is 21.3 Å². The smallest absolute Gasteiger partial charge is 0.402 e. The van der Waals surface area contributed by atoms with Gasteiger partial charge in [-0.3, -0.25) is 0 Å². The highest BCUT2D eigenvalue weighted by atomic mass is 35.5. The third kappa shape index (κ3) is 4.16. The molecule has 0 aliphatic carbocycles. The van der Waals surface area contributed by atoms with Gasteiger partial charge in [0, 0.05) is 0 Å². The molecule has 1 N–H and O–H groups in total. The molecule has 0 radical (unpaired) electrons. The van der Waals surface area contributed by atoms with Crippen LogP contribution in [0.15, 0.2) is 18.2 Å². The highest BCUT2D eigenvalue weighted by molar-refractivity contribution is 6.32. The minimum Gasteiger partial charge on any atom is -0.495 e. The van der Waals surface area contributed by atoms with Gasteiger partial charge in [-0.25, -0.2) is 0 Å². The molecule has 0 heterocycles. The van der Waals surface area contributed by atoms with E-state index in [0.29, 0.717) is 0 Å². The van der Waals surface area contributed by atoms with Gasteiger partial charge >= 0.3 is 12.4 Å². The summed E-state index contributed by atoms with van der Waals surface area (Å²) >= 11 is 5.75. The molecule has 1 unspecified atom stereocenters. The molecule has 0 saturated heterocycles. The monoisotopic (exact) mass is 335 g/mol. The number of benzene rings is 1. The molecule has 21 heavy (non-hydrogen) atoms. The normalized spacial score (nSPS) is 14.4. The van der Waals surface area contributed by atoms with E-state index in [9.17, 15) is 26.3 Å². The van der Waals surface area contributed by atoms with Crippen LogP contribution >= 0.6 is 11.6 Å². The Morgan fingerprint density at radius 1 is 1.10 bits per heavy atom. The summed E-state index contributed by atoms with van der Waals surface area (Å²) in [6, 6.07) is 1.34. The summed E-state index contributed by atoms with van der Waals surface area (Å²) in [4.78, 5) is 0. The first-order chi connectivity index (χ1) is 9.52. The molecule has 120 valence electrons. The molecule has 0 spiro atoms. The second kappa shape index (κ2) is 6.31. The van der Waals surface area contributed by atoms with Crippen LogP contribution in [0.1, 0.15) is 11.6 Å². The van der Waals surface area contributed by atoms with Gasteiger partial charge in [0.1, 0.15) is 5.75 Å². The van der Waals surface area contributed by atoms with E-state index in [-0.39, 0.29) is 16.3 Å². The zero-order valence-electron chi connectivity index (χ0n) is 10.9. The molecule has 1 aromatic carbocycles. The van der Waals surface area contributed by atoms with Crippen LogP contribution in [0.25, 0.3) is 0 Å². The lowest BCUT2D eigenvalue weighted by atomic mass is 9.91. The Morgan fingerprint density at radius 2 is 1.62 bits per heavy atom. The van der Waals surface area contributed by atoms with Gasteiger partial charge in [0.05, 0.1) is 18.2 Å². The maximum absolute atomic E-state index is 12.8. The van der Waals surface area contributed by atoms with E-state index in [1.54, 1.807) is 0 Å². The number of hydrogen-bond acceptors (Lipinski definition) is 2. The van der Waals surface area contributed by atoms with Gasteiger partial charge in [0.15, 0.2) is 5.92 Å². The third-order valence-corrected chi connectivity index (χ3v) is 3.18. The summed E-state index contributed by atoms with van der Waals surface area (Å²) in [6.45, 7) is 0. The quantitative estimate of drug-likeness (QED) is 0.826. The minimum atomic E-state index is -5.45. The number of halogens is 7. The van der Waals surface area contributed by atoms with Crippen molar-refractivity contribution < 1.29 is 31.1 Å². The maximum Gasteiger partial charge on any atom is 0.402 e. The molecule has 0 amide bonds. The first-order valence-corrected chi connectivity index (χ1v) is 6.04. The van der Waals surface area contributed by atoms with Crippen LogP contribution in [-0.4, -0.2) is 26.5 Å². The average Bonchev–Trinajstić information content (AvgIpc) is 2.32. The van der Waals surface area contributed by atoms with E-state index in [0.717, 1.165) is 19.2 Å². The van der Waals surface area contributed by atoms with Crippen LogP contribution in [-0.2, 0) is 0 Å². The number of methoxy groups -OCH3 is 1. The molecular formula is C12H12ClF6NO. The Kier molecular flexibility index (Phi) is 5.38. The molecule has 2 nitrogen and oxygen atoms in total.